The summed E-state index contributed by atoms with van der Waals surface area (Å²) in [6.07, 6.45) is 3.12. The van der Waals surface area contributed by atoms with Crippen LogP contribution in [0.4, 0.5) is 4.39 Å². The van der Waals surface area contributed by atoms with Gasteiger partial charge in [0.2, 0.25) is 0 Å². The zero-order valence-electron chi connectivity index (χ0n) is 18.4. The van der Waals surface area contributed by atoms with E-state index in [2.05, 4.69) is 20.5 Å². The van der Waals surface area contributed by atoms with Crippen molar-refractivity contribution in [1.82, 2.24) is 15.5 Å². The fourth-order valence-corrected chi connectivity index (χ4v) is 3.66. The van der Waals surface area contributed by atoms with E-state index in [-0.39, 0.29) is 47.9 Å². The SMILES string of the molecule is CN=C(NCCOCCS(C)(=O)=O)NC1CCN(Cc2ccc(OC)c(F)c2)CC1.I. The highest BCUT2D eigenvalue weighted by Gasteiger charge is 2.20. The summed E-state index contributed by atoms with van der Waals surface area (Å²) < 4.78 is 46.3. The van der Waals surface area contributed by atoms with E-state index in [1.165, 1.54) is 19.4 Å². The minimum atomic E-state index is -2.99. The quantitative estimate of drug-likeness (QED) is 0.191. The second kappa shape index (κ2) is 14.1. The average molecular weight is 572 g/mol. The molecule has 1 aromatic carbocycles. The van der Waals surface area contributed by atoms with Crippen LogP contribution in [0, 0.1) is 5.82 Å². The van der Waals surface area contributed by atoms with E-state index in [1.54, 1.807) is 13.1 Å². The van der Waals surface area contributed by atoms with Gasteiger partial charge in [-0.25, -0.2) is 12.8 Å². The first-order valence-corrected chi connectivity index (χ1v) is 12.1. The first-order chi connectivity index (χ1) is 14.3. The zero-order chi connectivity index (χ0) is 22.0. The molecule has 1 heterocycles. The van der Waals surface area contributed by atoms with E-state index in [0.29, 0.717) is 31.7 Å². The number of sulfone groups is 1. The molecule has 8 nitrogen and oxygen atoms in total. The van der Waals surface area contributed by atoms with Gasteiger partial charge in [-0.3, -0.25) is 9.89 Å². The normalized spacial score (nSPS) is 15.9. The molecule has 0 atom stereocenters. The minimum absolute atomic E-state index is 0. The highest BCUT2D eigenvalue weighted by molar-refractivity contribution is 14.0. The summed E-state index contributed by atoms with van der Waals surface area (Å²) in [6.45, 7) is 3.70. The van der Waals surface area contributed by atoms with Crippen LogP contribution in [-0.2, 0) is 21.1 Å². The van der Waals surface area contributed by atoms with Crippen molar-refractivity contribution in [1.29, 1.82) is 0 Å². The van der Waals surface area contributed by atoms with E-state index < -0.39 is 9.84 Å². The van der Waals surface area contributed by atoms with E-state index in [9.17, 15) is 12.8 Å². The maximum Gasteiger partial charge on any atom is 0.191 e. The predicted molar refractivity (Wildman–Crippen MR) is 132 cm³/mol. The number of methoxy groups -OCH3 is 1. The minimum Gasteiger partial charge on any atom is -0.494 e. The summed E-state index contributed by atoms with van der Waals surface area (Å²) in [4.78, 5) is 6.54. The van der Waals surface area contributed by atoms with Crippen molar-refractivity contribution in [3.8, 4) is 5.75 Å². The summed E-state index contributed by atoms with van der Waals surface area (Å²) in [5.74, 6) is 0.669. The Morgan fingerprint density at radius 3 is 2.58 bits per heavy atom. The molecule has 1 aliphatic heterocycles. The standard InChI is InChI=1S/C20H33FN4O4S.HI/c1-22-20(23-8-11-29-12-13-30(3,26)27)24-17-6-9-25(10-7-17)15-16-4-5-19(28-2)18(21)14-16;/h4-5,14,17H,6-13,15H2,1-3H3,(H2,22,23,24);1H. The van der Waals surface area contributed by atoms with Crippen LogP contribution in [0.2, 0.25) is 0 Å². The lowest BCUT2D eigenvalue weighted by molar-refractivity contribution is 0.153. The van der Waals surface area contributed by atoms with Crippen molar-refractivity contribution in [3.63, 3.8) is 0 Å². The number of hydrogen-bond acceptors (Lipinski definition) is 6. The number of halogens is 2. The van der Waals surface area contributed by atoms with Gasteiger partial charge in [0.15, 0.2) is 17.5 Å². The number of guanidine groups is 1. The number of piperidine rings is 1. The molecule has 1 aromatic rings. The molecule has 0 radical (unpaired) electrons. The smallest absolute Gasteiger partial charge is 0.191 e. The van der Waals surface area contributed by atoms with Gasteiger partial charge in [0, 0.05) is 45.5 Å². The summed E-state index contributed by atoms with van der Waals surface area (Å²) in [5, 5.41) is 6.59. The maximum absolute atomic E-state index is 13.9. The Morgan fingerprint density at radius 2 is 2.00 bits per heavy atom. The van der Waals surface area contributed by atoms with Crippen molar-refractivity contribution < 1.29 is 22.3 Å². The van der Waals surface area contributed by atoms with Gasteiger partial charge in [-0.1, -0.05) is 6.07 Å². The van der Waals surface area contributed by atoms with E-state index >= 15 is 0 Å². The zero-order valence-corrected chi connectivity index (χ0v) is 21.5. The Balaban J connectivity index is 0.00000480. The van der Waals surface area contributed by atoms with Crippen molar-refractivity contribution in [2.45, 2.75) is 25.4 Å². The third-order valence-electron chi connectivity index (χ3n) is 4.91. The number of hydrogen-bond donors (Lipinski definition) is 2. The van der Waals surface area contributed by atoms with E-state index in [0.717, 1.165) is 31.5 Å². The van der Waals surface area contributed by atoms with Gasteiger partial charge in [0.25, 0.3) is 0 Å². The van der Waals surface area contributed by atoms with Gasteiger partial charge in [0.1, 0.15) is 9.84 Å². The van der Waals surface area contributed by atoms with E-state index in [1.807, 2.05) is 6.07 Å². The lowest BCUT2D eigenvalue weighted by Gasteiger charge is -2.33. The molecule has 0 amide bonds. The lowest BCUT2D eigenvalue weighted by atomic mass is 10.0. The van der Waals surface area contributed by atoms with Crippen LogP contribution in [0.5, 0.6) is 5.75 Å². The molecule has 2 rings (SSSR count). The number of nitrogens with zero attached hydrogens (tertiary/aromatic N) is 2. The van der Waals surface area contributed by atoms with Crippen molar-refractivity contribution in [2.24, 2.45) is 4.99 Å². The molecule has 178 valence electrons. The number of nitrogens with one attached hydrogen (secondary N) is 2. The Bertz CT molecular complexity index is 802. The second-order valence-corrected chi connectivity index (χ2v) is 9.66. The van der Waals surface area contributed by atoms with Gasteiger partial charge < -0.3 is 20.1 Å². The fourth-order valence-electron chi connectivity index (χ4n) is 3.24. The Labute approximate surface area is 201 Å². The molecular weight excluding hydrogens is 538 g/mol. The Kier molecular flexibility index (Phi) is 12.6. The van der Waals surface area contributed by atoms with Gasteiger partial charge in [-0.2, -0.15) is 0 Å². The maximum atomic E-state index is 13.9. The molecule has 0 bridgehead atoms. The monoisotopic (exact) mass is 572 g/mol. The van der Waals surface area contributed by atoms with Crippen LogP contribution in [0.3, 0.4) is 0 Å². The molecule has 31 heavy (non-hydrogen) atoms. The number of likely N-dealkylation sites (tertiary alicyclic amines) is 1. The molecule has 11 heteroatoms. The van der Waals surface area contributed by atoms with Crippen LogP contribution in [0.25, 0.3) is 0 Å². The number of rotatable bonds is 10. The summed E-state index contributed by atoms with van der Waals surface area (Å²) in [7, 11) is 0.187. The highest BCUT2D eigenvalue weighted by Crippen LogP contribution is 2.20. The van der Waals surface area contributed by atoms with E-state index in [4.69, 9.17) is 9.47 Å². The van der Waals surface area contributed by atoms with Gasteiger partial charge in [-0.05, 0) is 30.5 Å². The average Bonchev–Trinajstić information content (AvgIpc) is 2.70. The van der Waals surface area contributed by atoms with Crippen LogP contribution in [0.1, 0.15) is 18.4 Å². The molecule has 0 aromatic heterocycles. The van der Waals surface area contributed by atoms with Crippen molar-refractivity contribution in [2.75, 3.05) is 59.0 Å². The highest BCUT2D eigenvalue weighted by atomic mass is 127. The molecule has 1 fully saturated rings. The third-order valence-corrected chi connectivity index (χ3v) is 5.82. The molecule has 0 saturated carbocycles. The molecule has 0 unspecified atom stereocenters. The van der Waals surface area contributed by atoms with Crippen molar-refractivity contribution in [3.05, 3.63) is 29.6 Å². The molecule has 1 aliphatic rings. The largest absolute Gasteiger partial charge is 0.494 e. The van der Waals surface area contributed by atoms with Gasteiger partial charge in [0.05, 0.1) is 26.1 Å². The summed E-state index contributed by atoms with van der Waals surface area (Å²) in [6, 6.07) is 5.41. The molecule has 1 saturated heterocycles. The van der Waals surface area contributed by atoms with Crippen LogP contribution < -0.4 is 15.4 Å². The molecular formula is C20H34FIN4O4S. The molecule has 0 aliphatic carbocycles. The number of ether oxygens (including phenoxy) is 2. The van der Waals surface area contributed by atoms with Crippen LogP contribution in [-0.4, -0.2) is 84.3 Å². The second-order valence-electron chi connectivity index (χ2n) is 7.40. The first kappa shape index (κ1) is 27.9. The first-order valence-electron chi connectivity index (χ1n) is 10.1. The topological polar surface area (TPSA) is 92.3 Å². The summed E-state index contributed by atoms with van der Waals surface area (Å²) >= 11 is 0. The van der Waals surface area contributed by atoms with Gasteiger partial charge in [-0.15, -0.1) is 24.0 Å². The Hall–Kier alpha value is -1.18. The lowest BCUT2D eigenvalue weighted by Crippen LogP contribution is -2.49. The van der Waals surface area contributed by atoms with Crippen LogP contribution in [0.15, 0.2) is 23.2 Å². The summed E-state index contributed by atoms with van der Waals surface area (Å²) in [5.41, 5.74) is 0.938. The number of benzene rings is 1. The molecule has 0 spiro atoms. The Morgan fingerprint density at radius 1 is 1.29 bits per heavy atom. The molecule has 2 N–H and O–H groups in total. The fraction of sp³-hybridized carbons (Fsp3) is 0.650. The van der Waals surface area contributed by atoms with Crippen LogP contribution >= 0.6 is 24.0 Å². The van der Waals surface area contributed by atoms with Gasteiger partial charge >= 0.3 is 0 Å². The number of aliphatic imine (C=N–C) groups is 1. The predicted octanol–water partition coefficient (Wildman–Crippen LogP) is 1.64. The van der Waals surface area contributed by atoms with Crippen molar-refractivity contribution >= 4 is 39.8 Å². The third kappa shape index (κ3) is 10.8.